The molecule has 0 aromatic heterocycles. The fourth-order valence-corrected chi connectivity index (χ4v) is 0.979. The smallest absolute Gasteiger partial charge is 0.0803 e. The number of nitrogens with zero attached hydrogens (tertiary/aromatic N) is 2. The molecule has 1 aliphatic rings. The molecule has 57 valence electrons. The van der Waals surface area contributed by atoms with E-state index in [4.69, 9.17) is 0 Å². The largest absolute Gasteiger partial charge is 0.154 e. The Balaban J connectivity index is 2.96. The molecule has 0 N–H and O–H groups in total. The van der Waals surface area contributed by atoms with E-state index in [1.165, 1.54) is 0 Å². The van der Waals surface area contributed by atoms with E-state index in [0.717, 1.165) is 23.4 Å². The third-order valence-corrected chi connectivity index (χ3v) is 1.56. The summed E-state index contributed by atoms with van der Waals surface area (Å²) in [6.07, 6.45) is 0.908. The van der Waals surface area contributed by atoms with Crippen molar-refractivity contribution in [1.82, 2.24) is 5.43 Å². The zero-order valence-electron chi connectivity index (χ0n) is 7.10. The van der Waals surface area contributed by atoms with Gasteiger partial charge in [0.15, 0.2) is 0 Å². The quantitative estimate of drug-likeness (QED) is 0.504. The van der Waals surface area contributed by atoms with Gasteiger partial charge in [-0.2, -0.15) is 10.5 Å². The van der Waals surface area contributed by atoms with Crippen LogP contribution in [-0.4, -0.2) is 5.71 Å². The van der Waals surface area contributed by atoms with Crippen molar-refractivity contribution in [2.75, 3.05) is 0 Å². The molecule has 11 heavy (non-hydrogen) atoms. The first kappa shape index (κ1) is 7.87. The van der Waals surface area contributed by atoms with E-state index < -0.39 is 0 Å². The Morgan fingerprint density at radius 3 is 2.73 bits per heavy atom. The van der Waals surface area contributed by atoms with E-state index in [0.29, 0.717) is 0 Å². The maximum absolute atomic E-state index is 4.00. The first-order valence-electron chi connectivity index (χ1n) is 3.71. The lowest BCUT2D eigenvalue weighted by Gasteiger charge is -1.93. The Morgan fingerprint density at radius 1 is 1.45 bits per heavy atom. The third kappa shape index (κ3) is 1.43. The van der Waals surface area contributed by atoms with Gasteiger partial charge in [0.25, 0.3) is 0 Å². The lowest BCUT2D eigenvalue weighted by Crippen LogP contribution is -1.93. The highest BCUT2D eigenvalue weighted by Gasteiger charge is 2.13. The molecule has 0 atom stereocenters. The van der Waals surface area contributed by atoms with E-state index in [1.54, 1.807) is 0 Å². The van der Waals surface area contributed by atoms with Gasteiger partial charge in [-0.1, -0.05) is 12.8 Å². The molecule has 0 bridgehead atoms. The molecule has 0 aromatic carbocycles. The first-order chi connectivity index (χ1) is 5.29. The van der Waals surface area contributed by atoms with Gasteiger partial charge in [-0.3, -0.25) is 0 Å². The predicted molar refractivity (Wildman–Crippen MR) is 46.0 cm³/mol. The number of hydrogen-bond acceptors (Lipinski definition) is 1. The molecule has 0 fully saturated rings. The molecule has 0 saturated heterocycles. The second kappa shape index (κ2) is 3.25. The zero-order chi connectivity index (χ0) is 8.27. The topological polar surface area (TPSA) is 26.5 Å². The predicted octanol–water partition coefficient (Wildman–Crippen LogP) is 1.67. The van der Waals surface area contributed by atoms with Gasteiger partial charge in [-0.05, 0) is 20.3 Å². The molecule has 2 heteroatoms. The van der Waals surface area contributed by atoms with Gasteiger partial charge in [-0.15, -0.1) is 5.92 Å². The van der Waals surface area contributed by atoms with Gasteiger partial charge >= 0.3 is 0 Å². The van der Waals surface area contributed by atoms with Gasteiger partial charge in [0.2, 0.25) is 0 Å². The van der Waals surface area contributed by atoms with Crippen LogP contribution < -0.4 is 5.43 Å². The van der Waals surface area contributed by atoms with Crippen LogP contribution >= 0.6 is 0 Å². The summed E-state index contributed by atoms with van der Waals surface area (Å²) in [5, 5.41) is 3.95. The fourth-order valence-electron chi connectivity index (χ4n) is 0.979. The summed E-state index contributed by atoms with van der Waals surface area (Å²) in [5.74, 6) is 5.86. The molecule has 0 spiro atoms. The Kier molecular flexibility index (Phi) is 2.32. The van der Waals surface area contributed by atoms with E-state index in [9.17, 15) is 0 Å². The molecular formula is C9H11N2. The minimum absolute atomic E-state index is 0.908. The van der Waals surface area contributed by atoms with Crippen LogP contribution in [0.25, 0.3) is 0 Å². The van der Waals surface area contributed by atoms with Crippen LogP contribution in [0, 0.1) is 11.8 Å². The third-order valence-electron chi connectivity index (χ3n) is 1.56. The van der Waals surface area contributed by atoms with Crippen molar-refractivity contribution in [2.45, 2.75) is 27.2 Å². The van der Waals surface area contributed by atoms with E-state index in [-0.39, 0.29) is 0 Å². The lowest BCUT2D eigenvalue weighted by molar-refractivity contribution is 0.834. The SMILES string of the molecule is CC#CC1=C(CC)[N]N=C1C. The van der Waals surface area contributed by atoms with Crippen LogP contribution in [0.15, 0.2) is 16.4 Å². The van der Waals surface area contributed by atoms with Crippen molar-refractivity contribution in [3.63, 3.8) is 0 Å². The van der Waals surface area contributed by atoms with Crippen LogP contribution in [0.5, 0.6) is 0 Å². The average molecular weight is 147 g/mol. The van der Waals surface area contributed by atoms with E-state index in [2.05, 4.69) is 29.3 Å². The van der Waals surface area contributed by atoms with Crippen molar-refractivity contribution in [1.29, 1.82) is 0 Å². The van der Waals surface area contributed by atoms with Crippen LogP contribution in [0.3, 0.4) is 0 Å². The van der Waals surface area contributed by atoms with Crippen LogP contribution in [0.2, 0.25) is 0 Å². The van der Waals surface area contributed by atoms with Gasteiger partial charge in [-0.25, -0.2) is 0 Å². The van der Waals surface area contributed by atoms with Crippen molar-refractivity contribution in [3.05, 3.63) is 11.3 Å². The van der Waals surface area contributed by atoms with Gasteiger partial charge in [0, 0.05) is 0 Å². The van der Waals surface area contributed by atoms with Gasteiger partial charge < -0.3 is 0 Å². The summed E-state index contributed by atoms with van der Waals surface area (Å²) < 4.78 is 0. The minimum Gasteiger partial charge on any atom is -0.154 e. The highest BCUT2D eigenvalue weighted by molar-refractivity contribution is 6.04. The molecule has 0 aliphatic carbocycles. The van der Waals surface area contributed by atoms with Gasteiger partial charge in [0.1, 0.15) is 0 Å². The molecule has 1 rings (SSSR count). The van der Waals surface area contributed by atoms with Crippen molar-refractivity contribution in [2.24, 2.45) is 5.10 Å². The number of rotatable bonds is 1. The Bertz CT molecular complexity index is 274. The molecule has 0 aromatic rings. The molecule has 1 radical (unpaired) electrons. The summed E-state index contributed by atoms with van der Waals surface area (Å²) >= 11 is 0. The lowest BCUT2D eigenvalue weighted by atomic mass is 10.1. The Morgan fingerprint density at radius 2 is 2.18 bits per heavy atom. The highest BCUT2D eigenvalue weighted by Crippen LogP contribution is 2.14. The Hall–Kier alpha value is -1.23. The summed E-state index contributed by atoms with van der Waals surface area (Å²) in [7, 11) is 0. The van der Waals surface area contributed by atoms with Crippen molar-refractivity contribution in [3.8, 4) is 11.8 Å². The van der Waals surface area contributed by atoms with Crippen molar-refractivity contribution < 1.29 is 0 Å². The average Bonchev–Trinajstić information content (AvgIpc) is 2.34. The minimum atomic E-state index is 0.908. The highest BCUT2D eigenvalue weighted by atomic mass is 15.3. The molecule has 2 nitrogen and oxygen atoms in total. The summed E-state index contributed by atoms with van der Waals surface area (Å²) in [5.41, 5.74) is 6.96. The molecule has 1 heterocycles. The fraction of sp³-hybridized carbons (Fsp3) is 0.444. The zero-order valence-corrected chi connectivity index (χ0v) is 7.10. The molecular weight excluding hydrogens is 136 g/mol. The molecule has 0 unspecified atom stereocenters. The Labute approximate surface area is 67.4 Å². The normalized spacial score (nSPS) is 15.4. The second-order valence-corrected chi connectivity index (χ2v) is 2.34. The van der Waals surface area contributed by atoms with Crippen LogP contribution in [0.4, 0.5) is 0 Å². The van der Waals surface area contributed by atoms with Crippen molar-refractivity contribution >= 4 is 5.71 Å². The maximum atomic E-state index is 4.00. The van der Waals surface area contributed by atoms with E-state index in [1.807, 2.05) is 13.8 Å². The molecule has 0 saturated carbocycles. The monoisotopic (exact) mass is 147 g/mol. The maximum Gasteiger partial charge on any atom is 0.0803 e. The van der Waals surface area contributed by atoms with Crippen LogP contribution in [0.1, 0.15) is 27.2 Å². The van der Waals surface area contributed by atoms with Crippen LogP contribution in [-0.2, 0) is 0 Å². The first-order valence-corrected chi connectivity index (χ1v) is 3.71. The number of hydrogen-bond donors (Lipinski definition) is 0. The second-order valence-electron chi connectivity index (χ2n) is 2.34. The standard InChI is InChI=1S/C9H11N2/c1-4-6-8-7(3)10-11-9(8)5-2/h5H2,1-3H3. The number of allylic oxidation sites excluding steroid dienone is 2. The van der Waals surface area contributed by atoms with E-state index >= 15 is 0 Å². The summed E-state index contributed by atoms with van der Waals surface area (Å²) in [6.45, 7) is 5.82. The molecule has 1 aliphatic heterocycles. The summed E-state index contributed by atoms with van der Waals surface area (Å²) in [4.78, 5) is 0. The molecule has 0 amide bonds. The van der Waals surface area contributed by atoms with Gasteiger partial charge in [0.05, 0.1) is 17.0 Å². The summed E-state index contributed by atoms with van der Waals surface area (Å²) in [6, 6.07) is 0.